The van der Waals surface area contributed by atoms with Gasteiger partial charge < -0.3 is 15.0 Å². The van der Waals surface area contributed by atoms with E-state index in [1.54, 1.807) is 0 Å². The normalized spacial score (nSPS) is 19.8. The van der Waals surface area contributed by atoms with Crippen molar-refractivity contribution >= 4 is 17.3 Å². The second-order valence-electron chi connectivity index (χ2n) is 6.54. The van der Waals surface area contributed by atoms with E-state index < -0.39 is 0 Å². The number of ether oxygens (including phenoxy) is 1. The lowest BCUT2D eigenvalue weighted by molar-refractivity contribution is 0.183. The van der Waals surface area contributed by atoms with E-state index in [9.17, 15) is 0 Å². The Morgan fingerprint density at radius 1 is 1.09 bits per heavy atom. The van der Waals surface area contributed by atoms with E-state index in [1.165, 1.54) is 43.6 Å². The van der Waals surface area contributed by atoms with Gasteiger partial charge in [0.15, 0.2) is 0 Å². The molecular weight excluding hydrogens is 310 g/mol. The van der Waals surface area contributed by atoms with Crippen molar-refractivity contribution in [3.63, 3.8) is 0 Å². The van der Waals surface area contributed by atoms with E-state index in [4.69, 9.17) is 16.3 Å². The summed E-state index contributed by atoms with van der Waals surface area (Å²) in [5.74, 6) is 0.933. The van der Waals surface area contributed by atoms with E-state index in [1.807, 2.05) is 6.07 Å². The van der Waals surface area contributed by atoms with Gasteiger partial charge >= 0.3 is 0 Å². The highest BCUT2D eigenvalue weighted by molar-refractivity contribution is 6.31. The monoisotopic (exact) mass is 337 g/mol. The molecule has 0 saturated carbocycles. The van der Waals surface area contributed by atoms with Crippen LogP contribution in [0.25, 0.3) is 0 Å². The summed E-state index contributed by atoms with van der Waals surface area (Å²) in [5, 5.41) is 4.15. The first-order valence-electron chi connectivity index (χ1n) is 8.85. The van der Waals surface area contributed by atoms with Gasteiger partial charge in [0.2, 0.25) is 0 Å². The number of piperazine rings is 1. The molecule has 2 aliphatic heterocycles. The number of halogens is 1. The predicted molar refractivity (Wildman–Crippen MR) is 97.1 cm³/mol. The van der Waals surface area contributed by atoms with Crippen LogP contribution in [0.2, 0.25) is 5.02 Å². The molecule has 5 heteroatoms. The molecule has 2 saturated heterocycles. The smallest absolute Gasteiger partial charge is 0.125 e. The molecule has 128 valence electrons. The summed E-state index contributed by atoms with van der Waals surface area (Å²) in [5.41, 5.74) is 2.42. The van der Waals surface area contributed by atoms with Gasteiger partial charge in [0, 0.05) is 49.0 Å². The summed E-state index contributed by atoms with van der Waals surface area (Å²) < 4.78 is 6.08. The van der Waals surface area contributed by atoms with Gasteiger partial charge in [0.25, 0.3) is 0 Å². The first-order chi connectivity index (χ1) is 11.2. The third-order valence-electron chi connectivity index (χ3n) is 4.87. The van der Waals surface area contributed by atoms with Crippen molar-refractivity contribution in [2.24, 2.45) is 0 Å². The lowest BCUT2D eigenvalue weighted by Crippen LogP contribution is -2.43. The van der Waals surface area contributed by atoms with Crippen LogP contribution in [0.4, 0.5) is 5.69 Å². The molecule has 0 bridgehead atoms. The van der Waals surface area contributed by atoms with Gasteiger partial charge in [-0.1, -0.05) is 18.0 Å². The molecule has 23 heavy (non-hydrogen) atoms. The van der Waals surface area contributed by atoms with Crippen LogP contribution in [-0.2, 0) is 0 Å². The Kier molecular flexibility index (Phi) is 6.03. The third-order valence-corrected chi connectivity index (χ3v) is 5.09. The van der Waals surface area contributed by atoms with Crippen molar-refractivity contribution < 1.29 is 4.74 Å². The Labute approximate surface area is 144 Å². The van der Waals surface area contributed by atoms with Gasteiger partial charge in [0.05, 0.1) is 0 Å². The molecule has 2 fully saturated rings. The molecule has 2 heterocycles. The second kappa shape index (κ2) is 8.22. The molecule has 0 unspecified atom stereocenters. The molecule has 0 radical (unpaired) electrons. The van der Waals surface area contributed by atoms with Crippen LogP contribution >= 0.6 is 11.6 Å². The van der Waals surface area contributed by atoms with Crippen LogP contribution in [0.5, 0.6) is 5.75 Å². The highest BCUT2D eigenvalue weighted by atomic mass is 35.5. The van der Waals surface area contributed by atoms with E-state index in [-0.39, 0.29) is 0 Å². The fraction of sp³-hybridized carbons (Fsp3) is 0.667. The second-order valence-corrected chi connectivity index (χ2v) is 6.97. The van der Waals surface area contributed by atoms with Crippen LogP contribution in [0.3, 0.4) is 0 Å². The minimum absolute atomic E-state index is 0.738. The average molecular weight is 338 g/mol. The van der Waals surface area contributed by atoms with E-state index >= 15 is 0 Å². The number of piperidine rings is 1. The van der Waals surface area contributed by atoms with Crippen LogP contribution in [0.1, 0.15) is 24.8 Å². The summed E-state index contributed by atoms with van der Waals surface area (Å²) in [6, 6.07) is 4.03. The summed E-state index contributed by atoms with van der Waals surface area (Å²) in [6.45, 7) is 10.4. The Balaban J connectivity index is 1.62. The fourth-order valence-electron chi connectivity index (χ4n) is 3.49. The molecule has 1 aromatic rings. The van der Waals surface area contributed by atoms with Gasteiger partial charge in [-0.15, -0.1) is 0 Å². The minimum atomic E-state index is 0.738. The van der Waals surface area contributed by atoms with Crippen molar-refractivity contribution in [1.82, 2.24) is 10.2 Å². The molecule has 4 nitrogen and oxygen atoms in total. The SMILES string of the molecule is Cc1c(OCCN2CCCCC2)cc(Cl)cc1N1CCNCC1. The Hall–Kier alpha value is -0.970. The van der Waals surface area contributed by atoms with Crippen LogP contribution in [0, 0.1) is 6.92 Å². The Morgan fingerprint density at radius 3 is 2.57 bits per heavy atom. The van der Waals surface area contributed by atoms with Gasteiger partial charge in [0.1, 0.15) is 12.4 Å². The van der Waals surface area contributed by atoms with Gasteiger partial charge in [-0.25, -0.2) is 0 Å². The van der Waals surface area contributed by atoms with Gasteiger partial charge in [-0.05, 0) is 45.0 Å². The van der Waals surface area contributed by atoms with Crippen molar-refractivity contribution in [2.45, 2.75) is 26.2 Å². The Bertz CT molecular complexity index is 511. The molecule has 2 aliphatic rings. The van der Waals surface area contributed by atoms with E-state index in [0.717, 1.165) is 50.1 Å². The number of hydrogen-bond acceptors (Lipinski definition) is 4. The first-order valence-corrected chi connectivity index (χ1v) is 9.23. The van der Waals surface area contributed by atoms with E-state index in [2.05, 4.69) is 28.1 Å². The molecular formula is C18H28ClN3O. The first kappa shape index (κ1) is 16.9. The maximum absolute atomic E-state index is 6.34. The summed E-state index contributed by atoms with van der Waals surface area (Å²) in [4.78, 5) is 4.90. The fourth-order valence-corrected chi connectivity index (χ4v) is 3.69. The summed E-state index contributed by atoms with van der Waals surface area (Å²) >= 11 is 6.34. The van der Waals surface area contributed by atoms with E-state index in [0.29, 0.717) is 0 Å². The molecule has 1 N–H and O–H groups in total. The lowest BCUT2D eigenvalue weighted by atomic mass is 10.1. The molecule has 0 amide bonds. The third kappa shape index (κ3) is 4.52. The van der Waals surface area contributed by atoms with Crippen LogP contribution in [-0.4, -0.2) is 57.3 Å². The lowest BCUT2D eigenvalue weighted by Gasteiger charge is -2.31. The Morgan fingerprint density at radius 2 is 1.83 bits per heavy atom. The minimum Gasteiger partial charge on any atom is -0.492 e. The highest BCUT2D eigenvalue weighted by Crippen LogP contribution is 2.33. The molecule has 0 aromatic heterocycles. The molecule has 3 rings (SSSR count). The van der Waals surface area contributed by atoms with Crippen LogP contribution in [0.15, 0.2) is 12.1 Å². The molecule has 0 spiro atoms. The molecule has 0 aliphatic carbocycles. The van der Waals surface area contributed by atoms with Crippen LogP contribution < -0.4 is 15.0 Å². The zero-order chi connectivity index (χ0) is 16.1. The predicted octanol–water partition coefficient (Wildman–Crippen LogP) is 2.92. The summed E-state index contributed by atoms with van der Waals surface area (Å²) in [6.07, 6.45) is 4.02. The van der Waals surface area contributed by atoms with Gasteiger partial charge in [-0.2, -0.15) is 0 Å². The largest absolute Gasteiger partial charge is 0.492 e. The standard InChI is InChI=1S/C18H28ClN3O/c1-15-17(22-9-5-20-6-10-22)13-16(19)14-18(15)23-12-11-21-7-3-2-4-8-21/h13-14,20H,2-12H2,1H3. The number of hydrogen-bond donors (Lipinski definition) is 1. The quantitative estimate of drug-likeness (QED) is 0.894. The van der Waals surface area contributed by atoms with Crippen molar-refractivity contribution in [2.75, 3.05) is 57.3 Å². The average Bonchev–Trinajstić information content (AvgIpc) is 2.59. The number of rotatable bonds is 5. The maximum atomic E-state index is 6.34. The van der Waals surface area contributed by atoms with Crippen molar-refractivity contribution in [3.05, 3.63) is 22.7 Å². The summed E-state index contributed by atoms with van der Waals surface area (Å²) in [7, 11) is 0. The zero-order valence-electron chi connectivity index (χ0n) is 14.1. The number of benzene rings is 1. The zero-order valence-corrected chi connectivity index (χ0v) is 14.9. The number of nitrogens with one attached hydrogen (secondary N) is 1. The van der Waals surface area contributed by atoms with Crippen molar-refractivity contribution in [1.29, 1.82) is 0 Å². The highest BCUT2D eigenvalue weighted by Gasteiger charge is 2.17. The van der Waals surface area contributed by atoms with Crippen molar-refractivity contribution in [3.8, 4) is 5.75 Å². The molecule has 0 atom stereocenters. The number of anilines is 1. The number of nitrogens with zero attached hydrogens (tertiary/aromatic N) is 2. The topological polar surface area (TPSA) is 27.7 Å². The maximum Gasteiger partial charge on any atom is 0.125 e. The number of likely N-dealkylation sites (tertiary alicyclic amines) is 1. The van der Waals surface area contributed by atoms with Gasteiger partial charge in [-0.3, -0.25) is 4.90 Å². The molecule has 1 aromatic carbocycles.